The number of carbonyl (C=O) groups excluding carboxylic acids is 1. The van der Waals surface area contributed by atoms with Crippen LogP contribution >= 0.6 is 11.6 Å². The molecule has 0 spiro atoms. The molecule has 26 heavy (non-hydrogen) atoms. The van der Waals surface area contributed by atoms with E-state index in [0.29, 0.717) is 24.0 Å². The number of anilines is 1. The number of hydrogen-bond donors (Lipinski definition) is 1. The zero-order valence-electron chi connectivity index (χ0n) is 16.2. The summed E-state index contributed by atoms with van der Waals surface area (Å²) in [4.78, 5) is 17.6. The lowest BCUT2D eigenvalue weighted by molar-refractivity contribution is -0.139. The second-order valence-corrected chi connectivity index (χ2v) is 8.60. The monoisotopic (exact) mass is 377 g/mol. The molecular weight excluding hydrogens is 346 g/mol. The summed E-state index contributed by atoms with van der Waals surface area (Å²) in [6.07, 6.45) is 4.09. The van der Waals surface area contributed by atoms with Gasteiger partial charge in [-0.05, 0) is 70.7 Å². The van der Waals surface area contributed by atoms with Gasteiger partial charge in [-0.2, -0.15) is 0 Å². The summed E-state index contributed by atoms with van der Waals surface area (Å²) in [5, 5.41) is 4.34. The quantitative estimate of drug-likeness (QED) is 0.851. The molecule has 1 aromatic carbocycles. The number of nitrogens with zero attached hydrogens (tertiary/aromatic N) is 2. The minimum atomic E-state index is 0.205. The molecule has 1 saturated heterocycles. The standard InChI is InChI=1S/C21H32ClN3O/c1-15(2)25-13-12-24(14-16(25)3)21(26)17-4-8-19(9-5-17)23-20-10-6-18(22)7-11-20/h6-7,10-11,15-17,19,23H,4-5,8-9,12-14H2,1-3H3/t16?,17-,19+. The molecular formula is C21H32ClN3O. The molecule has 1 heterocycles. The van der Waals surface area contributed by atoms with Crippen molar-refractivity contribution < 1.29 is 4.79 Å². The van der Waals surface area contributed by atoms with Gasteiger partial charge < -0.3 is 10.2 Å². The Morgan fingerprint density at radius 3 is 2.35 bits per heavy atom. The lowest BCUT2D eigenvalue weighted by Crippen LogP contribution is -2.56. The Labute approximate surface area is 162 Å². The second kappa shape index (κ2) is 8.62. The fraction of sp³-hybridized carbons (Fsp3) is 0.667. The lowest BCUT2D eigenvalue weighted by Gasteiger charge is -2.43. The first kappa shape index (κ1) is 19.5. The predicted molar refractivity (Wildman–Crippen MR) is 109 cm³/mol. The zero-order chi connectivity index (χ0) is 18.7. The second-order valence-electron chi connectivity index (χ2n) is 8.16. The number of halogens is 1. The van der Waals surface area contributed by atoms with Crippen LogP contribution in [0.1, 0.15) is 46.5 Å². The Bertz CT molecular complexity index is 596. The SMILES string of the molecule is CC(C)N1CCN(C(=O)[C@H]2CC[C@@H](Nc3ccc(Cl)cc3)CC2)CC1C. The summed E-state index contributed by atoms with van der Waals surface area (Å²) >= 11 is 5.95. The van der Waals surface area contributed by atoms with Crippen LogP contribution in [-0.2, 0) is 4.79 Å². The molecule has 1 unspecified atom stereocenters. The highest BCUT2D eigenvalue weighted by Crippen LogP contribution is 2.29. The molecule has 5 heteroatoms. The van der Waals surface area contributed by atoms with Crippen LogP contribution in [0, 0.1) is 5.92 Å². The highest BCUT2D eigenvalue weighted by molar-refractivity contribution is 6.30. The van der Waals surface area contributed by atoms with Crippen molar-refractivity contribution in [3.8, 4) is 0 Å². The van der Waals surface area contributed by atoms with E-state index >= 15 is 0 Å². The summed E-state index contributed by atoms with van der Waals surface area (Å²) in [7, 11) is 0. The molecule has 4 nitrogen and oxygen atoms in total. The number of piperazine rings is 1. The summed E-state index contributed by atoms with van der Waals surface area (Å²) < 4.78 is 0. The van der Waals surface area contributed by atoms with Crippen molar-refractivity contribution in [2.24, 2.45) is 5.92 Å². The van der Waals surface area contributed by atoms with Gasteiger partial charge in [0, 0.05) is 54.4 Å². The molecule has 1 atom stereocenters. The van der Waals surface area contributed by atoms with E-state index in [0.717, 1.165) is 56.0 Å². The van der Waals surface area contributed by atoms with Gasteiger partial charge >= 0.3 is 0 Å². The van der Waals surface area contributed by atoms with Crippen LogP contribution in [0.25, 0.3) is 0 Å². The highest BCUT2D eigenvalue weighted by atomic mass is 35.5. The minimum absolute atomic E-state index is 0.205. The first-order chi connectivity index (χ1) is 12.4. The van der Waals surface area contributed by atoms with Crippen LogP contribution in [0.3, 0.4) is 0 Å². The van der Waals surface area contributed by atoms with Crippen LogP contribution < -0.4 is 5.32 Å². The van der Waals surface area contributed by atoms with Gasteiger partial charge in [0.05, 0.1) is 0 Å². The van der Waals surface area contributed by atoms with Crippen LogP contribution in [0.4, 0.5) is 5.69 Å². The Morgan fingerprint density at radius 2 is 1.77 bits per heavy atom. The molecule has 2 fully saturated rings. The molecule has 144 valence electrons. The van der Waals surface area contributed by atoms with E-state index in [1.807, 2.05) is 24.3 Å². The average Bonchev–Trinajstić information content (AvgIpc) is 2.63. The van der Waals surface area contributed by atoms with E-state index in [1.165, 1.54) is 0 Å². The van der Waals surface area contributed by atoms with Gasteiger partial charge in [-0.3, -0.25) is 9.69 Å². The van der Waals surface area contributed by atoms with E-state index in [2.05, 4.69) is 35.9 Å². The fourth-order valence-electron chi connectivity index (χ4n) is 4.46. The van der Waals surface area contributed by atoms with Crippen molar-refractivity contribution in [1.82, 2.24) is 9.80 Å². The molecule has 0 bridgehead atoms. The summed E-state index contributed by atoms with van der Waals surface area (Å²) in [5.74, 6) is 0.585. The van der Waals surface area contributed by atoms with Crippen molar-refractivity contribution in [2.75, 3.05) is 25.0 Å². The van der Waals surface area contributed by atoms with Crippen LogP contribution in [0.2, 0.25) is 5.02 Å². The molecule has 3 rings (SSSR count). The van der Waals surface area contributed by atoms with Crippen LogP contribution in [0.15, 0.2) is 24.3 Å². The summed E-state index contributed by atoms with van der Waals surface area (Å²) in [6, 6.07) is 9.34. The number of amides is 1. The van der Waals surface area contributed by atoms with E-state index in [9.17, 15) is 4.79 Å². The minimum Gasteiger partial charge on any atom is -0.382 e. The van der Waals surface area contributed by atoms with Gasteiger partial charge in [0.15, 0.2) is 0 Å². The Hall–Kier alpha value is -1.26. The summed E-state index contributed by atoms with van der Waals surface area (Å²) in [6.45, 7) is 9.47. The molecule has 1 aromatic rings. The Balaban J connectivity index is 1.47. The molecule has 0 aromatic heterocycles. The molecule has 1 aliphatic carbocycles. The Morgan fingerprint density at radius 1 is 1.12 bits per heavy atom. The van der Waals surface area contributed by atoms with E-state index < -0.39 is 0 Å². The lowest BCUT2D eigenvalue weighted by atomic mass is 9.84. The van der Waals surface area contributed by atoms with Crippen molar-refractivity contribution in [1.29, 1.82) is 0 Å². The van der Waals surface area contributed by atoms with Gasteiger partial charge in [-0.15, -0.1) is 0 Å². The van der Waals surface area contributed by atoms with Gasteiger partial charge in [0.25, 0.3) is 0 Å². The van der Waals surface area contributed by atoms with Crippen molar-refractivity contribution in [3.63, 3.8) is 0 Å². The topological polar surface area (TPSA) is 35.6 Å². The largest absolute Gasteiger partial charge is 0.382 e. The first-order valence-electron chi connectivity index (χ1n) is 10.0. The van der Waals surface area contributed by atoms with Crippen LogP contribution in [-0.4, -0.2) is 53.5 Å². The maximum Gasteiger partial charge on any atom is 0.225 e. The highest BCUT2D eigenvalue weighted by Gasteiger charge is 2.33. The Kier molecular flexibility index (Phi) is 6.46. The predicted octanol–water partition coefficient (Wildman–Crippen LogP) is 4.25. The van der Waals surface area contributed by atoms with Gasteiger partial charge in [0.2, 0.25) is 5.91 Å². The molecule has 1 N–H and O–H groups in total. The molecule has 2 aliphatic rings. The fourth-order valence-corrected chi connectivity index (χ4v) is 4.59. The van der Waals surface area contributed by atoms with Gasteiger partial charge in [-0.25, -0.2) is 0 Å². The third-order valence-corrected chi connectivity index (χ3v) is 6.20. The van der Waals surface area contributed by atoms with Gasteiger partial charge in [0.1, 0.15) is 0 Å². The number of nitrogens with one attached hydrogen (secondary N) is 1. The molecule has 1 amide bonds. The van der Waals surface area contributed by atoms with E-state index in [1.54, 1.807) is 0 Å². The average molecular weight is 378 g/mol. The smallest absolute Gasteiger partial charge is 0.225 e. The molecule has 0 radical (unpaired) electrons. The maximum absolute atomic E-state index is 13.0. The third-order valence-electron chi connectivity index (χ3n) is 5.95. The van der Waals surface area contributed by atoms with Gasteiger partial charge in [-0.1, -0.05) is 11.6 Å². The van der Waals surface area contributed by atoms with E-state index in [-0.39, 0.29) is 5.92 Å². The molecule has 1 aliphatic heterocycles. The van der Waals surface area contributed by atoms with Crippen LogP contribution in [0.5, 0.6) is 0 Å². The number of carbonyl (C=O) groups is 1. The van der Waals surface area contributed by atoms with Crippen molar-refractivity contribution >= 4 is 23.2 Å². The van der Waals surface area contributed by atoms with Crippen molar-refractivity contribution in [2.45, 2.75) is 64.6 Å². The first-order valence-corrected chi connectivity index (χ1v) is 10.4. The zero-order valence-corrected chi connectivity index (χ0v) is 17.0. The molecule has 1 saturated carbocycles. The van der Waals surface area contributed by atoms with Crippen molar-refractivity contribution in [3.05, 3.63) is 29.3 Å². The maximum atomic E-state index is 13.0. The van der Waals surface area contributed by atoms with E-state index in [4.69, 9.17) is 11.6 Å². The third kappa shape index (κ3) is 4.72. The number of rotatable bonds is 4. The normalized spacial score (nSPS) is 27.6. The summed E-state index contributed by atoms with van der Waals surface area (Å²) in [5.41, 5.74) is 1.11. The number of hydrogen-bond acceptors (Lipinski definition) is 3. The number of benzene rings is 1.